The van der Waals surface area contributed by atoms with Crippen LogP contribution in [0.5, 0.6) is 0 Å². The first-order valence-corrected chi connectivity index (χ1v) is 7.68. The fourth-order valence-electron chi connectivity index (χ4n) is 2.65. The van der Waals surface area contributed by atoms with Gasteiger partial charge in [-0.15, -0.1) is 5.10 Å². The average molecular weight is 276 g/mol. The zero-order valence-corrected chi connectivity index (χ0v) is 12.2. The van der Waals surface area contributed by atoms with Gasteiger partial charge in [-0.05, 0) is 25.7 Å². The van der Waals surface area contributed by atoms with E-state index in [2.05, 4.69) is 34.5 Å². The second kappa shape index (κ2) is 6.98. The van der Waals surface area contributed by atoms with Gasteiger partial charge in [0.05, 0.1) is 0 Å². The van der Waals surface area contributed by atoms with Crippen LogP contribution in [0.25, 0.3) is 0 Å². The molecule has 3 rings (SSSR count). The van der Waals surface area contributed by atoms with Crippen LogP contribution in [-0.4, -0.2) is 11.4 Å². The van der Waals surface area contributed by atoms with Crippen molar-refractivity contribution in [2.24, 2.45) is 10.2 Å². The minimum atomic E-state index is 0.953. The zero-order chi connectivity index (χ0) is 14.3. The molecule has 1 saturated carbocycles. The molecule has 0 bridgehead atoms. The minimum absolute atomic E-state index is 0.953. The van der Waals surface area contributed by atoms with Crippen LogP contribution >= 0.6 is 0 Å². The van der Waals surface area contributed by atoms with E-state index in [0.29, 0.717) is 0 Å². The summed E-state index contributed by atoms with van der Waals surface area (Å²) in [6.07, 6.45) is 6.02. The van der Waals surface area contributed by atoms with Crippen molar-refractivity contribution in [1.29, 1.82) is 0 Å². The Labute approximate surface area is 126 Å². The zero-order valence-electron chi connectivity index (χ0n) is 12.2. The predicted molar refractivity (Wildman–Crippen MR) is 89.0 cm³/mol. The summed E-state index contributed by atoms with van der Waals surface area (Å²) in [5, 5.41) is 9.13. The second-order valence-electron chi connectivity index (χ2n) is 5.41. The van der Waals surface area contributed by atoms with Crippen molar-refractivity contribution in [1.82, 2.24) is 0 Å². The summed E-state index contributed by atoms with van der Waals surface area (Å²) in [6.45, 7) is 0. The topological polar surface area (TPSA) is 24.7 Å². The van der Waals surface area contributed by atoms with E-state index in [1.54, 1.807) is 0 Å². The van der Waals surface area contributed by atoms with Crippen LogP contribution in [0.15, 0.2) is 70.9 Å². The molecule has 106 valence electrons. The number of hydrogen-bond donors (Lipinski definition) is 0. The maximum Gasteiger partial charge on any atom is 0.100 e. The van der Waals surface area contributed by atoms with Crippen LogP contribution in [0.2, 0.25) is 0 Å². The molecular weight excluding hydrogens is 256 g/mol. The van der Waals surface area contributed by atoms with Gasteiger partial charge in [0, 0.05) is 16.8 Å². The van der Waals surface area contributed by atoms with Gasteiger partial charge in [0.25, 0.3) is 0 Å². The Hall–Kier alpha value is -2.22. The molecule has 0 amide bonds. The number of benzene rings is 2. The van der Waals surface area contributed by atoms with Crippen LogP contribution in [0.4, 0.5) is 0 Å². The molecule has 2 aromatic carbocycles. The molecule has 0 heterocycles. The van der Waals surface area contributed by atoms with E-state index in [1.165, 1.54) is 25.0 Å². The highest BCUT2D eigenvalue weighted by molar-refractivity contribution is 6.13. The van der Waals surface area contributed by atoms with Gasteiger partial charge in [0.1, 0.15) is 5.71 Å². The predicted octanol–water partition coefficient (Wildman–Crippen LogP) is 4.84. The van der Waals surface area contributed by atoms with Crippen molar-refractivity contribution in [2.45, 2.75) is 32.1 Å². The van der Waals surface area contributed by atoms with E-state index < -0.39 is 0 Å². The Morgan fingerprint density at radius 2 is 1.19 bits per heavy atom. The van der Waals surface area contributed by atoms with Crippen LogP contribution in [0, 0.1) is 0 Å². The minimum Gasteiger partial charge on any atom is -0.159 e. The SMILES string of the molecule is c1ccc(C(=NN=C2CCCCC2)c2ccccc2)cc1. The Morgan fingerprint density at radius 3 is 1.71 bits per heavy atom. The maximum absolute atomic E-state index is 4.59. The average Bonchev–Trinajstić information content (AvgIpc) is 2.58. The highest BCUT2D eigenvalue weighted by atomic mass is 15.2. The molecule has 2 nitrogen and oxygen atoms in total. The standard InChI is InChI=1S/C19H20N2/c1-4-10-16(11-5-1)19(17-12-6-2-7-13-17)21-20-18-14-8-3-9-15-18/h1-2,4-7,10-13H,3,8-9,14-15H2. The van der Waals surface area contributed by atoms with Crippen molar-refractivity contribution in [3.63, 3.8) is 0 Å². The number of rotatable bonds is 3. The summed E-state index contributed by atoms with van der Waals surface area (Å²) in [5.41, 5.74) is 4.42. The maximum atomic E-state index is 4.59. The van der Waals surface area contributed by atoms with E-state index in [1.807, 2.05) is 36.4 Å². The van der Waals surface area contributed by atoms with Gasteiger partial charge in [-0.1, -0.05) is 67.1 Å². The molecule has 0 spiro atoms. The van der Waals surface area contributed by atoms with Gasteiger partial charge in [0.2, 0.25) is 0 Å². The van der Waals surface area contributed by atoms with Crippen molar-refractivity contribution in [3.8, 4) is 0 Å². The van der Waals surface area contributed by atoms with Crippen LogP contribution in [-0.2, 0) is 0 Å². The Morgan fingerprint density at radius 1 is 0.667 bits per heavy atom. The third-order valence-electron chi connectivity index (χ3n) is 3.82. The lowest BCUT2D eigenvalue weighted by Crippen LogP contribution is -2.06. The fraction of sp³-hybridized carbons (Fsp3) is 0.263. The molecule has 0 aliphatic heterocycles. The second-order valence-corrected chi connectivity index (χ2v) is 5.41. The molecular formula is C19H20N2. The summed E-state index contributed by atoms with van der Waals surface area (Å²) >= 11 is 0. The fourth-order valence-corrected chi connectivity index (χ4v) is 2.65. The largest absolute Gasteiger partial charge is 0.159 e. The van der Waals surface area contributed by atoms with Crippen molar-refractivity contribution < 1.29 is 0 Å². The molecule has 0 atom stereocenters. The number of nitrogens with zero attached hydrogens (tertiary/aromatic N) is 2. The monoisotopic (exact) mass is 276 g/mol. The Balaban J connectivity index is 1.96. The van der Waals surface area contributed by atoms with Crippen molar-refractivity contribution >= 4 is 11.4 Å². The molecule has 0 radical (unpaired) electrons. The summed E-state index contributed by atoms with van der Waals surface area (Å²) in [4.78, 5) is 0. The number of hydrogen-bond acceptors (Lipinski definition) is 2. The summed E-state index contributed by atoms with van der Waals surface area (Å²) in [5.74, 6) is 0. The summed E-state index contributed by atoms with van der Waals surface area (Å²) in [6, 6.07) is 20.6. The van der Waals surface area contributed by atoms with Gasteiger partial charge >= 0.3 is 0 Å². The van der Waals surface area contributed by atoms with E-state index in [4.69, 9.17) is 0 Å². The highest BCUT2D eigenvalue weighted by Gasteiger charge is 2.08. The smallest absolute Gasteiger partial charge is 0.100 e. The lowest BCUT2D eigenvalue weighted by molar-refractivity contribution is 0.664. The van der Waals surface area contributed by atoms with Gasteiger partial charge in [-0.2, -0.15) is 5.10 Å². The molecule has 0 saturated heterocycles. The first kappa shape index (κ1) is 13.7. The summed E-state index contributed by atoms with van der Waals surface area (Å²) in [7, 11) is 0. The molecule has 1 aliphatic rings. The first-order valence-electron chi connectivity index (χ1n) is 7.68. The molecule has 1 aliphatic carbocycles. The lowest BCUT2D eigenvalue weighted by atomic mass is 9.99. The van der Waals surface area contributed by atoms with Gasteiger partial charge in [-0.25, -0.2) is 0 Å². The first-order chi connectivity index (χ1) is 10.4. The van der Waals surface area contributed by atoms with Crippen molar-refractivity contribution in [3.05, 3.63) is 71.8 Å². The van der Waals surface area contributed by atoms with Gasteiger partial charge in [-0.3, -0.25) is 0 Å². The van der Waals surface area contributed by atoms with Crippen LogP contribution in [0.3, 0.4) is 0 Å². The van der Waals surface area contributed by atoms with E-state index in [0.717, 1.165) is 29.7 Å². The molecule has 1 fully saturated rings. The molecule has 0 unspecified atom stereocenters. The van der Waals surface area contributed by atoms with Crippen LogP contribution in [0.1, 0.15) is 43.2 Å². The highest BCUT2D eigenvalue weighted by Crippen LogP contribution is 2.16. The normalized spacial score (nSPS) is 14.6. The van der Waals surface area contributed by atoms with Crippen molar-refractivity contribution in [2.75, 3.05) is 0 Å². The molecule has 0 N–H and O–H groups in total. The molecule has 2 heteroatoms. The third kappa shape index (κ3) is 3.66. The molecule has 0 aromatic heterocycles. The van der Waals surface area contributed by atoms with E-state index in [9.17, 15) is 0 Å². The van der Waals surface area contributed by atoms with Crippen LogP contribution < -0.4 is 0 Å². The third-order valence-corrected chi connectivity index (χ3v) is 3.82. The van der Waals surface area contributed by atoms with E-state index >= 15 is 0 Å². The van der Waals surface area contributed by atoms with Gasteiger partial charge < -0.3 is 0 Å². The van der Waals surface area contributed by atoms with E-state index in [-0.39, 0.29) is 0 Å². The Kier molecular flexibility index (Phi) is 4.57. The molecule has 21 heavy (non-hydrogen) atoms. The summed E-state index contributed by atoms with van der Waals surface area (Å²) < 4.78 is 0. The quantitative estimate of drug-likeness (QED) is 0.566. The lowest BCUT2D eigenvalue weighted by Gasteiger charge is -2.11. The molecule has 2 aromatic rings. The van der Waals surface area contributed by atoms with Gasteiger partial charge in [0.15, 0.2) is 0 Å². The Bertz CT molecular complexity index is 578.